The van der Waals surface area contributed by atoms with E-state index in [1.165, 1.54) is 4.31 Å². The van der Waals surface area contributed by atoms with Crippen molar-refractivity contribution in [3.05, 3.63) is 29.3 Å². The van der Waals surface area contributed by atoms with Gasteiger partial charge in [0.15, 0.2) is 0 Å². The number of carbonyl (C=O) groups is 1. The molecule has 2 rings (SSSR count). The van der Waals surface area contributed by atoms with Crippen molar-refractivity contribution in [2.75, 3.05) is 19.3 Å². The lowest BCUT2D eigenvalue weighted by atomic mass is 9.98. The van der Waals surface area contributed by atoms with Gasteiger partial charge in [0.1, 0.15) is 0 Å². The van der Waals surface area contributed by atoms with E-state index in [1.54, 1.807) is 18.2 Å². The number of carbonyl (C=O) groups excluding carboxylic acids is 1. The second kappa shape index (κ2) is 6.81. The summed E-state index contributed by atoms with van der Waals surface area (Å²) in [5.41, 5.74) is 1.92. The van der Waals surface area contributed by atoms with Gasteiger partial charge in [-0.2, -0.15) is 4.31 Å². The zero-order valence-corrected chi connectivity index (χ0v) is 15.6. The van der Waals surface area contributed by atoms with Gasteiger partial charge in [-0.05, 0) is 49.9 Å². The zero-order chi connectivity index (χ0) is 18.1. The molecule has 1 aliphatic heterocycles. The van der Waals surface area contributed by atoms with E-state index >= 15 is 0 Å². The number of piperidine rings is 1. The highest BCUT2D eigenvalue weighted by Crippen LogP contribution is 2.25. The number of aryl methyl sites for hydroxylation is 2. The van der Waals surface area contributed by atoms with E-state index in [9.17, 15) is 21.6 Å². The highest BCUT2D eigenvalue weighted by atomic mass is 32.2. The van der Waals surface area contributed by atoms with Crippen LogP contribution in [0.3, 0.4) is 0 Å². The van der Waals surface area contributed by atoms with Gasteiger partial charge in [0, 0.05) is 19.0 Å². The van der Waals surface area contributed by atoms with Crippen molar-refractivity contribution in [1.82, 2.24) is 9.03 Å². The zero-order valence-electron chi connectivity index (χ0n) is 13.9. The van der Waals surface area contributed by atoms with Gasteiger partial charge in [0.05, 0.1) is 11.2 Å². The molecule has 1 fully saturated rings. The fourth-order valence-corrected chi connectivity index (χ4v) is 4.74. The lowest BCUT2D eigenvalue weighted by Gasteiger charge is -2.30. The Labute approximate surface area is 143 Å². The van der Waals surface area contributed by atoms with Crippen LogP contribution in [0.15, 0.2) is 23.1 Å². The van der Waals surface area contributed by atoms with Crippen molar-refractivity contribution in [3.63, 3.8) is 0 Å². The highest BCUT2D eigenvalue weighted by Gasteiger charge is 2.32. The van der Waals surface area contributed by atoms with Crippen LogP contribution in [0.2, 0.25) is 0 Å². The van der Waals surface area contributed by atoms with Crippen LogP contribution in [0.25, 0.3) is 0 Å². The van der Waals surface area contributed by atoms with Gasteiger partial charge < -0.3 is 0 Å². The molecule has 7 nitrogen and oxygen atoms in total. The third-order valence-electron chi connectivity index (χ3n) is 4.23. The van der Waals surface area contributed by atoms with E-state index in [4.69, 9.17) is 0 Å². The Hall–Kier alpha value is -1.45. The molecule has 9 heteroatoms. The number of hydrogen-bond donors (Lipinski definition) is 1. The number of nitrogens with one attached hydrogen (secondary N) is 1. The third-order valence-corrected chi connectivity index (χ3v) is 6.69. The largest absolute Gasteiger partial charge is 0.274 e. The first-order valence-corrected chi connectivity index (χ1v) is 10.9. The summed E-state index contributed by atoms with van der Waals surface area (Å²) < 4.78 is 50.9. The number of benzene rings is 1. The van der Waals surface area contributed by atoms with Crippen molar-refractivity contribution in [2.45, 2.75) is 31.6 Å². The maximum Gasteiger partial charge on any atom is 0.243 e. The number of rotatable bonds is 4. The van der Waals surface area contributed by atoms with Crippen LogP contribution in [0, 0.1) is 19.8 Å². The smallest absolute Gasteiger partial charge is 0.243 e. The Balaban J connectivity index is 2.08. The Kier molecular flexibility index (Phi) is 5.36. The molecule has 0 bridgehead atoms. The summed E-state index contributed by atoms with van der Waals surface area (Å²) in [7, 11) is -7.20. The summed E-state index contributed by atoms with van der Waals surface area (Å²) in [4.78, 5) is 12.1. The second-order valence-electron chi connectivity index (χ2n) is 6.16. The molecule has 1 aromatic rings. The van der Waals surface area contributed by atoms with E-state index in [0.29, 0.717) is 12.8 Å². The fraction of sp³-hybridized carbons (Fsp3) is 0.533. The molecule has 0 saturated carbocycles. The second-order valence-corrected chi connectivity index (χ2v) is 9.85. The standard InChI is InChI=1S/C15H22N2O5S2/c1-11-4-5-14(10-12(11)2)24(21,22)17-8-6-13(7-9-17)15(18)16-23(3,19)20/h4-5,10,13H,6-9H2,1-3H3,(H,16,18). The van der Waals surface area contributed by atoms with Gasteiger partial charge in [-0.25, -0.2) is 16.8 Å². The molecular formula is C15H22N2O5S2. The van der Waals surface area contributed by atoms with Gasteiger partial charge in [-0.15, -0.1) is 0 Å². The summed E-state index contributed by atoms with van der Waals surface area (Å²) in [6.45, 7) is 4.15. The van der Waals surface area contributed by atoms with E-state index in [-0.39, 0.29) is 18.0 Å². The average Bonchev–Trinajstić information content (AvgIpc) is 2.48. The minimum absolute atomic E-state index is 0.192. The van der Waals surface area contributed by atoms with Crippen molar-refractivity contribution in [1.29, 1.82) is 0 Å². The van der Waals surface area contributed by atoms with E-state index in [2.05, 4.69) is 0 Å². The molecule has 1 saturated heterocycles. The Bertz CT molecular complexity index is 839. The van der Waals surface area contributed by atoms with E-state index in [1.807, 2.05) is 18.6 Å². The molecule has 1 N–H and O–H groups in total. The molecule has 0 atom stereocenters. The van der Waals surface area contributed by atoms with Gasteiger partial charge in [-0.1, -0.05) is 6.07 Å². The van der Waals surface area contributed by atoms with Crippen LogP contribution in [-0.4, -0.2) is 46.4 Å². The Morgan fingerprint density at radius 2 is 1.67 bits per heavy atom. The molecule has 0 aromatic heterocycles. The topological polar surface area (TPSA) is 101 Å². The summed E-state index contributed by atoms with van der Waals surface area (Å²) in [5.74, 6) is -1.06. The highest BCUT2D eigenvalue weighted by molar-refractivity contribution is 7.89. The van der Waals surface area contributed by atoms with E-state index < -0.39 is 31.9 Å². The van der Waals surface area contributed by atoms with E-state index in [0.717, 1.165) is 17.4 Å². The van der Waals surface area contributed by atoms with Gasteiger partial charge in [0.2, 0.25) is 26.0 Å². The summed E-state index contributed by atoms with van der Waals surface area (Å²) in [6.07, 6.45) is 1.51. The molecule has 1 amide bonds. The van der Waals surface area contributed by atoms with Crippen LogP contribution in [0.4, 0.5) is 0 Å². The summed E-state index contributed by atoms with van der Waals surface area (Å²) in [6, 6.07) is 5.00. The lowest BCUT2D eigenvalue weighted by Crippen LogP contribution is -2.44. The molecular weight excluding hydrogens is 352 g/mol. The van der Waals surface area contributed by atoms with Crippen LogP contribution in [0.5, 0.6) is 0 Å². The van der Waals surface area contributed by atoms with Crippen molar-refractivity contribution < 1.29 is 21.6 Å². The Morgan fingerprint density at radius 1 is 1.08 bits per heavy atom. The minimum atomic E-state index is -3.60. The molecule has 1 aromatic carbocycles. The Morgan fingerprint density at radius 3 is 2.17 bits per heavy atom. The quantitative estimate of drug-likeness (QED) is 0.839. The molecule has 0 aliphatic carbocycles. The summed E-state index contributed by atoms with van der Waals surface area (Å²) >= 11 is 0. The third kappa shape index (κ3) is 4.34. The van der Waals surface area contributed by atoms with Crippen molar-refractivity contribution in [2.24, 2.45) is 5.92 Å². The molecule has 0 radical (unpaired) electrons. The first-order valence-electron chi connectivity index (χ1n) is 7.60. The van der Waals surface area contributed by atoms with Gasteiger partial charge in [0.25, 0.3) is 0 Å². The van der Waals surface area contributed by atoms with Gasteiger partial charge in [-0.3, -0.25) is 9.52 Å². The predicted octanol–water partition coefficient (Wildman–Crippen LogP) is 0.780. The first kappa shape index (κ1) is 18.9. The maximum absolute atomic E-state index is 12.7. The number of nitrogens with zero attached hydrogens (tertiary/aromatic N) is 1. The summed E-state index contributed by atoms with van der Waals surface area (Å²) in [5, 5.41) is 0. The van der Waals surface area contributed by atoms with Crippen LogP contribution in [-0.2, 0) is 24.8 Å². The minimum Gasteiger partial charge on any atom is -0.274 e. The molecule has 0 spiro atoms. The maximum atomic E-state index is 12.7. The fourth-order valence-electron chi connectivity index (χ4n) is 2.65. The molecule has 1 heterocycles. The van der Waals surface area contributed by atoms with Crippen LogP contribution >= 0.6 is 0 Å². The molecule has 24 heavy (non-hydrogen) atoms. The van der Waals surface area contributed by atoms with Gasteiger partial charge >= 0.3 is 0 Å². The predicted molar refractivity (Wildman–Crippen MR) is 90.4 cm³/mol. The number of sulfonamides is 2. The SMILES string of the molecule is Cc1ccc(S(=O)(=O)N2CCC(C(=O)NS(C)(=O)=O)CC2)cc1C. The lowest BCUT2D eigenvalue weighted by molar-refractivity contribution is -0.124. The number of amides is 1. The van der Waals surface area contributed by atoms with Crippen molar-refractivity contribution in [3.8, 4) is 0 Å². The number of hydrogen-bond acceptors (Lipinski definition) is 5. The van der Waals surface area contributed by atoms with Crippen LogP contribution < -0.4 is 4.72 Å². The first-order chi connectivity index (χ1) is 11.0. The molecule has 1 aliphatic rings. The normalized spacial score (nSPS) is 17.6. The van der Waals surface area contributed by atoms with Crippen molar-refractivity contribution >= 4 is 26.0 Å². The average molecular weight is 374 g/mol. The monoisotopic (exact) mass is 374 g/mol. The van der Waals surface area contributed by atoms with Crippen LogP contribution in [0.1, 0.15) is 24.0 Å². The molecule has 0 unspecified atom stereocenters. The molecule has 134 valence electrons.